The number of benzene rings is 1. The Kier molecular flexibility index (Phi) is 2.96. The molecule has 0 bridgehead atoms. The summed E-state index contributed by atoms with van der Waals surface area (Å²) in [7, 11) is 0. The Morgan fingerprint density at radius 1 is 1.06 bits per heavy atom. The van der Waals surface area contributed by atoms with E-state index in [2.05, 4.69) is 50.8 Å². The molecule has 0 atom stereocenters. The van der Waals surface area contributed by atoms with Gasteiger partial charge in [0.15, 0.2) is 0 Å². The molecule has 1 fully saturated rings. The van der Waals surface area contributed by atoms with Crippen molar-refractivity contribution >= 4 is 5.69 Å². The van der Waals surface area contributed by atoms with Crippen LogP contribution in [0.3, 0.4) is 0 Å². The summed E-state index contributed by atoms with van der Waals surface area (Å²) in [6.45, 7) is 11.5. The molecule has 0 spiro atoms. The zero-order chi connectivity index (χ0) is 11.8. The van der Waals surface area contributed by atoms with Crippen LogP contribution in [-0.2, 0) is 5.41 Å². The van der Waals surface area contributed by atoms with Crippen molar-refractivity contribution < 1.29 is 0 Å². The standard InChI is InChI=1S/C15H23N/c1-12-7-8-13(15(2,3)4)11-14(12)16-9-5-6-10-16/h7-8,11H,5-6,9-10H2,1-4H3. The SMILES string of the molecule is Cc1ccc(C(C)(C)C)cc1N1CCCC1. The van der Waals surface area contributed by atoms with Gasteiger partial charge in [0.25, 0.3) is 0 Å². The number of nitrogens with zero attached hydrogens (tertiary/aromatic N) is 1. The first-order chi connectivity index (χ1) is 7.48. The van der Waals surface area contributed by atoms with Gasteiger partial charge in [-0.3, -0.25) is 0 Å². The van der Waals surface area contributed by atoms with Crippen molar-refractivity contribution in [3.05, 3.63) is 29.3 Å². The Bertz CT molecular complexity index is 368. The smallest absolute Gasteiger partial charge is 0.0398 e. The molecule has 1 nitrogen and oxygen atoms in total. The molecule has 0 unspecified atom stereocenters. The molecular weight excluding hydrogens is 194 g/mol. The Balaban J connectivity index is 2.36. The molecule has 88 valence electrons. The van der Waals surface area contributed by atoms with Gasteiger partial charge in [0.2, 0.25) is 0 Å². The Morgan fingerprint density at radius 2 is 1.69 bits per heavy atom. The fraction of sp³-hybridized carbons (Fsp3) is 0.600. The molecule has 0 N–H and O–H groups in total. The average Bonchev–Trinajstić information content (AvgIpc) is 2.69. The summed E-state index contributed by atoms with van der Waals surface area (Å²) < 4.78 is 0. The van der Waals surface area contributed by atoms with Crippen LogP contribution in [0.25, 0.3) is 0 Å². The van der Waals surface area contributed by atoms with Crippen molar-refractivity contribution in [3.8, 4) is 0 Å². The lowest BCUT2D eigenvalue weighted by molar-refractivity contribution is 0.590. The number of rotatable bonds is 1. The van der Waals surface area contributed by atoms with Crippen molar-refractivity contribution in [2.75, 3.05) is 18.0 Å². The molecule has 0 amide bonds. The summed E-state index contributed by atoms with van der Waals surface area (Å²) in [5, 5.41) is 0. The molecule has 16 heavy (non-hydrogen) atoms. The molecule has 2 rings (SSSR count). The largest absolute Gasteiger partial charge is 0.371 e. The highest BCUT2D eigenvalue weighted by Crippen LogP contribution is 2.30. The van der Waals surface area contributed by atoms with Crippen LogP contribution in [-0.4, -0.2) is 13.1 Å². The molecule has 1 heterocycles. The predicted molar refractivity (Wildman–Crippen MR) is 71.3 cm³/mol. The van der Waals surface area contributed by atoms with E-state index in [9.17, 15) is 0 Å². The third kappa shape index (κ3) is 2.23. The molecule has 1 heteroatoms. The van der Waals surface area contributed by atoms with E-state index in [1.807, 2.05) is 0 Å². The van der Waals surface area contributed by atoms with Gasteiger partial charge in [0.05, 0.1) is 0 Å². The van der Waals surface area contributed by atoms with Gasteiger partial charge in [0, 0.05) is 18.8 Å². The lowest BCUT2D eigenvalue weighted by atomic mass is 9.86. The first-order valence-electron chi connectivity index (χ1n) is 6.34. The lowest BCUT2D eigenvalue weighted by Gasteiger charge is -2.25. The lowest BCUT2D eigenvalue weighted by Crippen LogP contribution is -2.20. The molecule has 0 aromatic heterocycles. The molecule has 1 aromatic carbocycles. The second-order valence-electron chi connectivity index (χ2n) is 5.95. The highest BCUT2D eigenvalue weighted by atomic mass is 15.1. The van der Waals surface area contributed by atoms with Crippen LogP contribution in [0.2, 0.25) is 0 Å². The average molecular weight is 217 g/mol. The fourth-order valence-electron chi connectivity index (χ4n) is 2.37. The zero-order valence-corrected chi connectivity index (χ0v) is 11.0. The van der Waals surface area contributed by atoms with E-state index in [0.29, 0.717) is 0 Å². The Morgan fingerprint density at radius 3 is 2.25 bits per heavy atom. The van der Waals surface area contributed by atoms with Crippen LogP contribution in [0.15, 0.2) is 18.2 Å². The van der Waals surface area contributed by atoms with Crippen molar-refractivity contribution in [3.63, 3.8) is 0 Å². The van der Waals surface area contributed by atoms with Gasteiger partial charge < -0.3 is 4.90 Å². The van der Waals surface area contributed by atoms with Crippen molar-refractivity contribution in [2.24, 2.45) is 0 Å². The van der Waals surface area contributed by atoms with Gasteiger partial charge in [-0.05, 0) is 42.4 Å². The quantitative estimate of drug-likeness (QED) is 0.689. The van der Waals surface area contributed by atoms with Crippen LogP contribution in [0.1, 0.15) is 44.7 Å². The van der Waals surface area contributed by atoms with Crippen LogP contribution in [0, 0.1) is 6.92 Å². The van der Waals surface area contributed by atoms with Gasteiger partial charge in [-0.15, -0.1) is 0 Å². The summed E-state index contributed by atoms with van der Waals surface area (Å²) in [4.78, 5) is 2.53. The molecule has 1 aliphatic rings. The summed E-state index contributed by atoms with van der Waals surface area (Å²) in [5.74, 6) is 0. The van der Waals surface area contributed by atoms with Crippen molar-refractivity contribution in [1.29, 1.82) is 0 Å². The van der Waals surface area contributed by atoms with Crippen LogP contribution in [0.4, 0.5) is 5.69 Å². The van der Waals surface area contributed by atoms with Gasteiger partial charge in [-0.25, -0.2) is 0 Å². The normalized spacial score (nSPS) is 16.9. The molecule has 1 aromatic rings. The summed E-state index contributed by atoms with van der Waals surface area (Å²) in [6.07, 6.45) is 2.69. The molecular formula is C15H23N. The van der Waals surface area contributed by atoms with E-state index in [1.54, 1.807) is 0 Å². The van der Waals surface area contributed by atoms with E-state index >= 15 is 0 Å². The predicted octanol–water partition coefficient (Wildman–Crippen LogP) is 3.89. The van der Waals surface area contributed by atoms with Crippen LogP contribution >= 0.6 is 0 Å². The van der Waals surface area contributed by atoms with E-state index < -0.39 is 0 Å². The maximum Gasteiger partial charge on any atom is 0.0398 e. The van der Waals surface area contributed by atoms with E-state index in [4.69, 9.17) is 0 Å². The first-order valence-corrected chi connectivity index (χ1v) is 6.34. The van der Waals surface area contributed by atoms with E-state index in [0.717, 1.165) is 0 Å². The minimum Gasteiger partial charge on any atom is -0.371 e. The summed E-state index contributed by atoms with van der Waals surface area (Å²) in [5.41, 5.74) is 4.56. The second kappa shape index (κ2) is 4.12. The van der Waals surface area contributed by atoms with Gasteiger partial charge in [-0.2, -0.15) is 0 Å². The highest BCUT2D eigenvalue weighted by molar-refractivity contribution is 5.56. The van der Waals surface area contributed by atoms with E-state index in [-0.39, 0.29) is 5.41 Å². The number of aryl methyl sites for hydroxylation is 1. The monoisotopic (exact) mass is 217 g/mol. The summed E-state index contributed by atoms with van der Waals surface area (Å²) in [6, 6.07) is 6.93. The highest BCUT2D eigenvalue weighted by Gasteiger charge is 2.18. The maximum absolute atomic E-state index is 2.53. The van der Waals surface area contributed by atoms with E-state index in [1.165, 1.54) is 42.7 Å². The topological polar surface area (TPSA) is 3.24 Å². The zero-order valence-electron chi connectivity index (χ0n) is 11.0. The molecule has 1 aliphatic heterocycles. The Hall–Kier alpha value is -0.980. The second-order valence-corrected chi connectivity index (χ2v) is 5.95. The van der Waals surface area contributed by atoms with Gasteiger partial charge in [-0.1, -0.05) is 32.9 Å². The third-order valence-corrected chi connectivity index (χ3v) is 3.52. The number of hydrogen-bond acceptors (Lipinski definition) is 1. The van der Waals surface area contributed by atoms with Gasteiger partial charge >= 0.3 is 0 Å². The number of anilines is 1. The fourth-order valence-corrected chi connectivity index (χ4v) is 2.37. The van der Waals surface area contributed by atoms with Gasteiger partial charge in [0.1, 0.15) is 0 Å². The van der Waals surface area contributed by atoms with Crippen molar-refractivity contribution in [2.45, 2.75) is 46.0 Å². The molecule has 0 saturated carbocycles. The van der Waals surface area contributed by atoms with Crippen molar-refractivity contribution in [1.82, 2.24) is 0 Å². The maximum atomic E-state index is 2.53. The first kappa shape index (κ1) is 11.5. The number of hydrogen-bond donors (Lipinski definition) is 0. The molecule has 0 aliphatic carbocycles. The minimum absolute atomic E-state index is 0.252. The van der Waals surface area contributed by atoms with Crippen LogP contribution in [0.5, 0.6) is 0 Å². The molecule has 0 radical (unpaired) electrons. The summed E-state index contributed by atoms with van der Waals surface area (Å²) >= 11 is 0. The minimum atomic E-state index is 0.252. The van der Waals surface area contributed by atoms with Crippen LogP contribution < -0.4 is 4.90 Å². The molecule has 1 saturated heterocycles. The third-order valence-electron chi connectivity index (χ3n) is 3.52. The Labute approximate surface area is 99.5 Å².